The van der Waals surface area contributed by atoms with Crippen molar-refractivity contribution >= 4 is 11.8 Å². The number of thioether (sulfide) groups is 1. The number of nitrogens with zero attached hydrogens (tertiary/aromatic N) is 2. The fraction of sp³-hybridized carbons (Fsp3) is 0.667. The van der Waals surface area contributed by atoms with Crippen LogP contribution in [0.2, 0.25) is 0 Å². The molecule has 0 saturated heterocycles. The molecule has 1 aromatic rings. The molecule has 1 N–H and O–H groups in total. The Labute approximate surface area is 101 Å². The minimum absolute atomic E-state index is 0.794. The first kappa shape index (κ1) is 11.9. The summed E-state index contributed by atoms with van der Waals surface area (Å²) in [7, 11) is 0. The zero-order chi connectivity index (χ0) is 11.5. The highest BCUT2D eigenvalue weighted by Crippen LogP contribution is 2.19. The maximum absolute atomic E-state index is 4.49. The standard InChI is InChI=1S/C12H19N3S/c1-8-9(2)14-12(15-10(8)3)16-7-6-13-11-4-5-11/h11,13H,4-7H2,1-3H3. The van der Waals surface area contributed by atoms with Crippen molar-refractivity contribution in [2.24, 2.45) is 0 Å². The maximum atomic E-state index is 4.49. The Bertz CT molecular complexity index is 352. The van der Waals surface area contributed by atoms with E-state index in [1.54, 1.807) is 11.8 Å². The summed E-state index contributed by atoms with van der Waals surface area (Å²) < 4.78 is 0. The molecule has 0 aliphatic heterocycles. The highest BCUT2D eigenvalue weighted by Gasteiger charge is 2.19. The van der Waals surface area contributed by atoms with Gasteiger partial charge in [-0.1, -0.05) is 11.8 Å². The Morgan fingerprint density at radius 1 is 1.19 bits per heavy atom. The summed E-state index contributed by atoms with van der Waals surface area (Å²) in [5.74, 6) is 1.05. The van der Waals surface area contributed by atoms with Gasteiger partial charge in [-0.25, -0.2) is 9.97 Å². The number of aromatic nitrogens is 2. The molecule has 1 aliphatic carbocycles. The Hall–Kier alpha value is -0.610. The zero-order valence-electron chi connectivity index (χ0n) is 10.2. The van der Waals surface area contributed by atoms with E-state index in [9.17, 15) is 0 Å². The summed E-state index contributed by atoms with van der Waals surface area (Å²) in [5.41, 5.74) is 3.41. The predicted octanol–water partition coefficient (Wildman–Crippen LogP) is 2.25. The molecule has 0 spiro atoms. The quantitative estimate of drug-likeness (QED) is 0.484. The van der Waals surface area contributed by atoms with E-state index >= 15 is 0 Å². The van der Waals surface area contributed by atoms with Crippen LogP contribution in [-0.4, -0.2) is 28.3 Å². The lowest BCUT2D eigenvalue weighted by molar-refractivity contribution is 0.725. The maximum Gasteiger partial charge on any atom is 0.188 e. The van der Waals surface area contributed by atoms with Gasteiger partial charge in [-0.05, 0) is 39.2 Å². The van der Waals surface area contributed by atoms with Crippen molar-refractivity contribution in [1.29, 1.82) is 0 Å². The van der Waals surface area contributed by atoms with Gasteiger partial charge in [0.1, 0.15) is 0 Å². The molecule has 1 saturated carbocycles. The van der Waals surface area contributed by atoms with Crippen molar-refractivity contribution in [3.8, 4) is 0 Å². The smallest absolute Gasteiger partial charge is 0.188 e. The first-order chi connectivity index (χ1) is 7.66. The summed E-state index contributed by atoms with van der Waals surface area (Å²) in [6, 6.07) is 0.794. The summed E-state index contributed by atoms with van der Waals surface area (Å²) in [5, 5.41) is 4.41. The molecule has 1 aromatic heterocycles. The summed E-state index contributed by atoms with van der Waals surface area (Å²) in [6.07, 6.45) is 2.70. The fourth-order valence-electron chi connectivity index (χ4n) is 1.50. The molecule has 0 amide bonds. The molecule has 1 fully saturated rings. The van der Waals surface area contributed by atoms with Crippen LogP contribution in [0.25, 0.3) is 0 Å². The van der Waals surface area contributed by atoms with Crippen molar-refractivity contribution in [2.75, 3.05) is 12.3 Å². The summed E-state index contributed by atoms with van der Waals surface area (Å²) >= 11 is 1.74. The number of hydrogen-bond donors (Lipinski definition) is 1. The van der Waals surface area contributed by atoms with E-state index in [0.717, 1.165) is 34.9 Å². The molecule has 16 heavy (non-hydrogen) atoms. The van der Waals surface area contributed by atoms with Crippen molar-refractivity contribution in [2.45, 2.75) is 44.8 Å². The Morgan fingerprint density at radius 3 is 2.38 bits per heavy atom. The van der Waals surface area contributed by atoms with Gasteiger partial charge in [0.15, 0.2) is 5.16 Å². The molecule has 4 heteroatoms. The van der Waals surface area contributed by atoms with E-state index in [1.807, 2.05) is 0 Å². The van der Waals surface area contributed by atoms with E-state index < -0.39 is 0 Å². The minimum Gasteiger partial charge on any atom is -0.313 e. The third-order valence-corrected chi connectivity index (χ3v) is 3.80. The van der Waals surface area contributed by atoms with Crippen LogP contribution < -0.4 is 5.32 Å². The lowest BCUT2D eigenvalue weighted by Crippen LogP contribution is -2.19. The average molecular weight is 237 g/mol. The van der Waals surface area contributed by atoms with Gasteiger partial charge in [-0.2, -0.15) is 0 Å². The van der Waals surface area contributed by atoms with Crippen LogP contribution in [0.1, 0.15) is 29.8 Å². The number of rotatable bonds is 5. The third kappa shape index (κ3) is 3.19. The van der Waals surface area contributed by atoms with Crippen LogP contribution in [0, 0.1) is 20.8 Å². The minimum atomic E-state index is 0.794. The molecule has 88 valence electrons. The van der Waals surface area contributed by atoms with Crippen LogP contribution in [-0.2, 0) is 0 Å². The van der Waals surface area contributed by atoms with Gasteiger partial charge >= 0.3 is 0 Å². The second kappa shape index (κ2) is 5.15. The zero-order valence-corrected chi connectivity index (χ0v) is 11.0. The van der Waals surface area contributed by atoms with E-state index in [2.05, 4.69) is 36.1 Å². The highest BCUT2D eigenvalue weighted by molar-refractivity contribution is 7.99. The van der Waals surface area contributed by atoms with Gasteiger partial charge in [0.05, 0.1) is 0 Å². The SMILES string of the molecule is Cc1nc(SCCNC2CC2)nc(C)c1C. The largest absolute Gasteiger partial charge is 0.313 e. The van der Waals surface area contributed by atoms with E-state index in [-0.39, 0.29) is 0 Å². The summed E-state index contributed by atoms with van der Waals surface area (Å²) in [6.45, 7) is 7.24. The molecular formula is C12H19N3S. The number of aryl methyl sites for hydroxylation is 2. The van der Waals surface area contributed by atoms with Gasteiger partial charge in [-0.15, -0.1) is 0 Å². The Balaban J connectivity index is 1.83. The topological polar surface area (TPSA) is 37.8 Å². The second-order valence-corrected chi connectivity index (χ2v) is 5.44. The van der Waals surface area contributed by atoms with Crippen molar-refractivity contribution < 1.29 is 0 Å². The fourth-order valence-corrected chi connectivity index (χ4v) is 2.30. The van der Waals surface area contributed by atoms with Crippen LogP contribution in [0.5, 0.6) is 0 Å². The molecule has 3 nitrogen and oxygen atoms in total. The van der Waals surface area contributed by atoms with Gasteiger partial charge < -0.3 is 5.32 Å². The predicted molar refractivity (Wildman–Crippen MR) is 68.0 cm³/mol. The summed E-state index contributed by atoms with van der Waals surface area (Å²) in [4.78, 5) is 8.98. The molecule has 1 heterocycles. The monoisotopic (exact) mass is 237 g/mol. The van der Waals surface area contributed by atoms with Gasteiger partial charge in [0.2, 0.25) is 0 Å². The van der Waals surface area contributed by atoms with Gasteiger partial charge in [0, 0.05) is 29.7 Å². The van der Waals surface area contributed by atoms with E-state index in [4.69, 9.17) is 0 Å². The third-order valence-electron chi connectivity index (χ3n) is 2.96. The molecule has 0 radical (unpaired) electrons. The lowest BCUT2D eigenvalue weighted by Gasteiger charge is -2.06. The van der Waals surface area contributed by atoms with Gasteiger partial charge in [0.25, 0.3) is 0 Å². The molecule has 2 rings (SSSR count). The molecule has 0 aromatic carbocycles. The van der Waals surface area contributed by atoms with Crippen molar-refractivity contribution in [3.05, 3.63) is 17.0 Å². The lowest BCUT2D eigenvalue weighted by atomic mass is 10.2. The van der Waals surface area contributed by atoms with Gasteiger partial charge in [-0.3, -0.25) is 0 Å². The number of nitrogens with one attached hydrogen (secondary N) is 1. The second-order valence-electron chi connectivity index (χ2n) is 4.38. The van der Waals surface area contributed by atoms with Crippen LogP contribution >= 0.6 is 11.8 Å². The van der Waals surface area contributed by atoms with Crippen molar-refractivity contribution in [1.82, 2.24) is 15.3 Å². The first-order valence-electron chi connectivity index (χ1n) is 5.85. The molecule has 0 bridgehead atoms. The van der Waals surface area contributed by atoms with E-state index in [0.29, 0.717) is 0 Å². The number of hydrogen-bond acceptors (Lipinski definition) is 4. The van der Waals surface area contributed by atoms with Crippen LogP contribution in [0.4, 0.5) is 0 Å². The van der Waals surface area contributed by atoms with E-state index in [1.165, 1.54) is 18.4 Å². The first-order valence-corrected chi connectivity index (χ1v) is 6.83. The molecule has 0 unspecified atom stereocenters. The van der Waals surface area contributed by atoms with Crippen LogP contribution in [0.15, 0.2) is 5.16 Å². The normalized spacial score (nSPS) is 15.4. The van der Waals surface area contributed by atoms with Crippen molar-refractivity contribution in [3.63, 3.8) is 0 Å². The Kier molecular flexibility index (Phi) is 3.82. The molecule has 1 aliphatic rings. The highest BCUT2D eigenvalue weighted by atomic mass is 32.2. The Morgan fingerprint density at radius 2 is 1.81 bits per heavy atom. The molecular weight excluding hydrogens is 218 g/mol. The molecule has 0 atom stereocenters. The van der Waals surface area contributed by atoms with Crippen LogP contribution in [0.3, 0.4) is 0 Å². The average Bonchev–Trinajstić information content (AvgIpc) is 3.04.